The molecule has 0 bridgehead atoms. The van der Waals surface area contributed by atoms with Gasteiger partial charge in [-0.2, -0.15) is 0 Å². The van der Waals surface area contributed by atoms with E-state index in [0.29, 0.717) is 42.1 Å². The molecule has 0 aromatic carbocycles. The molecule has 1 rings (SSSR count). The molecule has 0 aliphatic carbocycles. The summed E-state index contributed by atoms with van der Waals surface area (Å²) in [5.41, 5.74) is 6.17. The SMILES string of the molecule is CC(C)CNC(=O)CCNc1cc(N)cc(Cl)n1. The number of halogens is 1. The van der Waals surface area contributed by atoms with Gasteiger partial charge in [0, 0.05) is 31.3 Å². The largest absolute Gasteiger partial charge is 0.399 e. The van der Waals surface area contributed by atoms with Crippen molar-refractivity contribution in [3.05, 3.63) is 17.3 Å². The van der Waals surface area contributed by atoms with Gasteiger partial charge in [0.2, 0.25) is 5.91 Å². The summed E-state index contributed by atoms with van der Waals surface area (Å²) in [4.78, 5) is 15.5. The molecule has 1 aromatic rings. The van der Waals surface area contributed by atoms with E-state index in [9.17, 15) is 4.79 Å². The maximum atomic E-state index is 11.4. The van der Waals surface area contributed by atoms with Crippen LogP contribution in [-0.2, 0) is 4.79 Å². The lowest BCUT2D eigenvalue weighted by Crippen LogP contribution is -2.28. The molecule has 4 N–H and O–H groups in total. The summed E-state index contributed by atoms with van der Waals surface area (Å²) in [7, 11) is 0. The molecule has 0 aliphatic rings. The van der Waals surface area contributed by atoms with Gasteiger partial charge >= 0.3 is 0 Å². The van der Waals surface area contributed by atoms with Gasteiger partial charge in [-0.3, -0.25) is 4.79 Å². The first-order valence-corrected chi connectivity index (χ1v) is 6.29. The van der Waals surface area contributed by atoms with Crippen molar-refractivity contribution in [2.75, 3.05) is 24.1 Å². The van der Waals surface area contributed by atoms with Crippen LogP contribution in [0.3, 0.4) is 0 Å². The van der Waals surface area contributed by atoms with Crippen molar-refractivity contribution in [2.24, 2.45) is 5.92 Å². The van der Waals surface area contributed by atoms with Gasteiger partial charge < -0.3 is 16.4 Å². The molecule has 0 fully saturated rings. The molecule has 1 aromatic heterocycles. The molecule has 1 amide bonds. The Hall–Kier alpha value is -1.49. The van der Waals surface area contributed by atoms with Gasteiger partial charge in [0.15, 0.2) is 0 Å². The summed E-state index contributed by atoms with van der Waals surface area (Å²) in [5, 5.41) is 6.18. The van der Waals surface area contributed by atoms with Gasteiger partial charge in [-0.25, -0.2) is 4.98 Å². The summed E-state index contributed by atoms with van der Waals surface area (Å²) in [6.07, 6.45) is 0.390. The molecule has 0 radical (unpaired) electrons. The average molecular weight is 271 g/mol. The zero-order valence-corrected chi connectivity index (χ0v) is 11.4. The van der Waals surface area contributed by atoms with Crippen molar-refractivity contribution < 1.29 is 4.79 Å². The van der Waals surface area contributed by atoms with Crippen LogP contribution in [0.15, 0.2) is 12.1 Å². The molecule has 0 atom stereocenters. The first-order chi connectivity index (χ1) is 8.47. The monoisotopic (exact) mass is 270 g/mol. The Morgan fingerprint density at radius 1 is 1.50 bits per heavy atom. The lowest BCUT2D eigenvalue weighted by atomic mass is 10.2. The molecular weight excluding hydrogens is 252 g/mol. The van der Waals surface area contributed by atoms with Crippen molar-refractivity contribution in [2.45, 2.75) is 20.3 Å². The number of nitrogen functional groups attached to an aromatic ring is 1. The standard InChI is InChI=1S/C12H19ClN4O/c1-8(2)7-16-12(18)3-4-15-11-6-9(14)5-10(13)17-11/h5-6,8H,3-4,7H2,1-2H3,(H,16,18)(H3,14,15,17). The molecule has 0 saturated heterocycles. The van der Waals surface area contributed by atoms with E-state index in [4.69, 9.17) is 17.3 Å². The Kier molecular flexibility index (Phi) is 5.71. The quantitative estimate of drug-likeness (QED) is 0.690. The van der Waals surface area contributed by atoms with Crippen LogP contribution in [0.1, 0.15) is 20.3 Å². The van der Waals surface area contributed by atoms with Crippen LogP contribution in [0.4, 0.5) is 11.5 Å². The lowest BCUT2D eigenvalue weighted by molar-refractivity contribution is -0.120. The van der Waals surface area contributed by atoms with E-state index in [1.54, 1.807) is 12.1 Å². The highest BCUT2D eigenvalue weighted by molar-refractivity contribution is 6.29. The van der Waals surface area contributed by atoms with Crippen molar-refractivity contribution in [3.63, 3.8) is 0 Å². The van der Waals surface area contributed by atoms with E-state index in [2.05, 4.69) is 29.5 Å². The Balaban J connectivity index is 2.30. The summed E-state index contributed by atoms with van der Waals surface area (Å²) in [6, 6.07) is 3.25. The molecular formula is C12H19ClN4O. The summed E-state index contributed by atoms with van der Waals surface area (Å²) in [6.45, 7) is 5.30. The van der Waals surface area contributed by atoms with Gasteiger partial charge in [-0.15, -0.1) is 0 Å². The maximum Gasteiger partial charge on any atom is 0.221 e. The maximum absolute atomic E-state index is 11.4. The van der Waals surface area contributed by atoms with Crippen molar-refractivity contribution in [1.82, 2.24) is 10.3 Å². The summed E-state index contributed by atoms with van der Waals surface area (Å²) < 4.78 is 0. The highest BCUT2D eigenvalue weighted by Crippen LogP contribution is 2.15. The minimum absolute atomic E-state index is 0.0196. The van der Waals surface area contributed by atoms with Crippen molar-refractivity contribution in [1.29, 1.82) is 0 Å². The number of hydrogen-bond acceptors (Lipinski definition) is 4. The average Bonchev–Trinajstić information content (AvgIpc) is 2.25. The molecule has 0 aliphatic heterocycles. The fourth-order valence-corrected chi connectivity index (χ4v) is 1.53. The molecule has 1 heterocycles. The fraction of sp³-hybridized carbons (Fsp3) is 0.500. The number of amides is 1. The van der Waals surface area contributed by atoms with Crippen LogP contribution in [0.2, 0.25) is 5.15 Å². The van der Waals surface area contributed by atoms with Crippen LogP contribution in [0.25, 0.3) is 0 Å². The third-order valence-corrected chi connectivity index (χ3v) is 2.38. The number of hydrogen-bond donors (Lipinski definition) is 3. The third-order valence-electron chi connectivity index (χ3n) is 2.18. The minimum Gasteiger partial charge on any atom is -0.399 e. The number of rotatable bonds is 6. The smallest absolute Gasteiger partial charge is 0.221 e. The van der Waals surface area contributed by atoms with Crippen LogP contribution >= 0.6 is 11.6 Å². The van der Waals surface area contributed by atoms with Gasteiger partial charge in [0.05, 0.1) is 0 Å². The number of nitrogens with two attached hydrogens (primary N) is 1. The van der Waals surface area contributed by atoms with Crippen molar-refractivity contribution in [3.8, 4) is 0 Å². The van der Waals surface area contributed by atoms with Crippen LogP contribution in [0.5, 0.6) is 0 Å². The molecule has 0 saturated carbocycles. The lowest BCUT2D eigenvalue weighted by Gasteiger charge is -2.09. The molecule has 18 heavy (non-hydrogen) atoms. The second-order valence-electron chi connectivity index (χ2n) is 4.48. The number of nitrogens with one attached hydrogen (secondary N) is 2. The van der Waals surface area contributed by atoms with E-state index in [-0.39, 0.29) is 5.91 Å². The number of anilines is 2. The predicted molar refractivity (Wildman–Crippen MR) is 74.6 cm³/mol. The third kappa shape index (κ3) is 5.72. The number of carbonyl (C=O) groups excluding carboxylic acids is 1. The molecule has 0 unspecified atom stereocenters. The van der Waals surface area contributed by atoms with Gasteiger partial charge in [0.1, 0.15) is 11.0 Å². The second kappa shape index (κ2) is 7.06. The van der Waals surface area contributed by atoms with Gasteiger partial charge in [-0.05, 0) is 12.0 Å². The summed E-state index contributed by atoms with van der Waals surface area (Å²) in [5.74, 6) is 1.05. The number of carbonyl (C=O) groups is 1. The second-order valence-corrected chi connectivity index (χ2v) is 4.87. The topological polar surface area (TPSA) is 80.0 Å². The van der Waals surface area contributed by atoms with Crippen molar-refractivity contribution >= 4 is 29.0 Å². The highest BCUT2D eigenvalue weighted by atomic mass is 35.5. The van der Waals surface area contributed by atoms with Crippen LogP contribution < -0.4 is 16.4 Å². The number of aromatic nitrogens is 1. The van der Waals surface area contributed by atoms with Crippen LogP contribution in [0, 0.1) is 5.92 Å². The highest BCUT2D eigenvalue weighted by Gasteiger charge is 2.03. The van der Waals surface area contributed by atoms with Gasteiger partial charge in [0.25, 0.3) is 0 Å². The zero-order valence-electron chi connectivity index (χ0n) is 10.7. The first kappa shape index (κ1) is 14.6. The van der Waals surface area contributed by atoms with E-state index < -0.39 is 0 Å². The van der Waals surface area contributed by atoms with E-state index in [1.165, 1.54) is 0 Å². The fourth-order valence-electron chi connectivity index (χ4n) is 1.32. The Bertz CT molecular complexity index is 389. The predicted octanol–water partition coefficient (Wildman–Crippen LogP) is 1.89. The summed E-state index contributed by atoms with van der Waals surface area (Å²) >= 11 is 5.77. The number of pyridine rings is 1. The van der Waals surface area contributed by atoms with E-state index in [1.807, 2.05) is 0 Å². The molecule has 5 nitrogen and oxygen atoms in total. The Labute approximate surface area is 112 Å². The molecule has 100 valence electrons. The Morgan fingerprint density at radius 2 is 2.22 bits per heavy atom. The zero-order chi connectivity index (χ0) is 13.5. The number of nitrogens with zero attached hydrogens (tertiary/aromatic N) is 1. The molecule has 0 spiro atoms. The Morgan fingerprint density at radius 3 is 2.83 bits per heavy atom. The molecule has 6 heteroatoms. The van der Waals surface area contributed by atoms with E-state index in [0.717, 1.165) is 0 Å². The van der Waals surface area contributed by atoms with E-state index >= 15 is 0 Å². The van der Waals surface area contributed by atoms with Crippen LogP contribution in [-0.4, -0.2) is 24.0 Å². The normalized spacial score (nSPS) is 10.4. The minimum atomic E-state index is 0.0196. The first-order valence-electron chi connectivity index (χ1n) is 5.91. The van der Waals surface area contributed by atoms with Gasteiger partial charge in [-0.1, -0.05) is 25.4 Å².